The second-order valence-corrected chi connectivity index (χ2v) is 3.74. The number of aliphatic carboxylic acids is 1. The molecular weight excluding hydrogens is 202 g/mol. The molecule has 1 heterocycles. The summed E-state index contributed by atoms with van der Waals surface area (Å²) in [5.74, 6) is -0.876. The number of hydrogen-bond donors (Lipinski definition) is 1. The van der Waals surface area contributed by atoms with Crippen LogP contribution in [0.3, 0.4) is 0 Å². The molecular formula is C8H11N3O2S. The number of carboxylic acid groups (broad SMARTS) is 1. The largest absolute Gasteiger partial charge is 0.481 e. The van der Waals surface area contributed by atoms with Crippen molar-refractivity contribution in [1.82, 2.24) is 9.88 Å². The maximum absolute atomic E-state index is 10.4. The summed E-state index contributed by atoms with van der Waals surface area (Å²) in [5.41, 5.74) is 0.549. The van der Waals surface area contributed by atoms with Gasteiger partial charge < -0.3 is 10.0 Å². The molecule has 0 radical (unpaired) electrons. The van der Waals surface area contributed by atoms with Crippen LogP contribution in [0.4, 0.5) is 5.13 Å². The molecule has 6 heteroatoms. The van der Waals surface area contributed by atoms with Gasteiger partial charge in [-0.1, -0.05) is 0 Å². The normalized spacial score (nSPS) is 10.7. The molecule has 1 rings (SSSR count). The van der Waals surface area contributed by atoms with Crippen LogP contribution in [0.1, 0.15) is 5.69 Å². The third-order valence-corrected chi connectivity index (χ3v) is 2.07. The monoisotopic (exact) mass is 213 g/mol. The summed E-state index contributed by atoms with van der Waals surface area (Å²) < 4.78 is 0. The van der Waals surface area contributed by atoms with Gasteiger partial charge in [0.2, 0.25) is 5.13 Å². The third kappa shape index (κ3) is 3.53. The van der Waals surface area contributed by atoms with Gasteiger partial charge >= 0.3 is 5.97 Å². The predicted octanol–water partition coefficient (Wildman–Crippen LogP) is 0.992. The quantitative estimate of drug-likeness (QED) is 0.598. The van der Waals surface area contributed by atoms with E-state index in [1.165, 1.54) is 11.3 Å². The lowest BCUT2D eigenvalue weighted by atomic mass is 10.3. The molecule has 0 saturated heterocycles. The zero-order valence-electron chi connectivity index (χ0n) is 7.97. The van der Waals surface area contributed by atoms with Gasteiger partial charge in [-0.15, -0.1) is 11.3 Å². The SMILES string of the molecule is CN(C)C=Nc1nc(CC(=O)O)cs1. The van der Waals surface area contributed by atoms with Crippen LogP contribution in [0, 0.1) is 0 Å². The molecule has 0 saturated carbocycles. The van der Waals surface area contributed by atoms with Gasteiger partial charge in [-0.3, -0.25) is 4.79 Å². The molecule has 14 heavy (non-hydrogen) atoms. The number of thiazole rings is 1. The Labute approximate surface area is 85.7 Å². The van der Waals surface area contributed by atoms with E-state index < -0.39 is 5.97 Å². The van der Waals surface area contributed by atoms with Crippen LogP contribution in [0.25, 0.3) is 0 Å². The predicted molar refractivity (Wildman–Crippen MR) is 55.3 cm³/mol. The first-order valence-electron chi connectivity index (χ1n) is 3.94. The third-order valence-electron chi connectivity index (χ3n) is 1.27. The van der Waals surface area contributed by atoms with E-state index in [0.29, 0.717) is 10.8 Å². The molecule has 0 atom stereocenters. The van der Waals surface area contributed by atoms with Crippen LogP contribution in [0.15, 0.2) is 10.4 Å². The van der Waals surface area contributed by atoms with Crippen LogP contribution in [-0.4, -0.2) is 41.4 Å². The lowest BCUT2D eigenvalue weighted by molar-refractivity contribution is -0.136. The van der Waals surface area contributed by atoms with Crippen LogP contribution in [-0.2, 0) is 11.2 Å². The van der Waals surface area contributed by atoms with E-state index in [1.807, 2.05) is 14.1 Å². The van der Waals surface area contributed by atoms with Crippen molar-refractivity contribution in [3.63, 3.8) is 0 Å². The van der Waals surface area contributed by atoms with E-state index in [2.05, 4.69) is 9.98 Å². The minimum atomic E-state index is -0.876. The van der Waals surface area contributed by atoms with Crippen molar-refractivity contribution in [2.24, 2.45) is 4.99 Å². The molecule has 0 fully saturated rings. The van der Waals surface area contributed by atoms with E-state index in [0.717, 1.165) is 0 Å². The fourth-order valence-corrected chi connectivity index (χ4v) is 1.41. The van der Waals surface area contributed by atoms with Crippen molar-refractivity contribution in [3.8, 4) is 0 Å². The smallest absolute Gasteiger partial charge is 0.309 e. The Morgan fingerprint density at radius 1 is 1.79 bits per heavy atom. The van der Waals surface area contributed by atoms with E-state index in [-0.39, 0.29) is 6.42 Å². The molecule has 0 aromatic carbocycles. The summed E-state index contributed by atoms with van der Waals surface area (Å²) in [5, 5.41) is 10.8. The number of carbonyl (C=O) groups is 1. The lowest BCUT2D eigenvalue weighted by Gasteiger charge is -1.99. The second-order valence-electron chi connectivity index (χ2n) is 2.90. The van der Waals surface area contributed by atoms with Crippen LogP contribution in [0.5, 0.6) is 0 Å². The standard InChI is InChI=1S/C8H11N3O2S/c1-11(2)5-9-8-10-6(4-14-8)3-7(12)13/h4-5H,3H2,1-2H3,(H,12,13). The molecule has 5 nitrogen and oxygen atoms in total. The van der Waals surface area contributed by atoms with Gasteiger partial charge in [-0.05, 0) is 0 Å². The van der Waals surface area contributed by atoms with Crippen molar-refractivity contribution in [2.75, 3.05) is 14.1 Å². The van der Waals surface area contributed by atoms with E-state index in [9.17, 15) is 4.79 Å². The fourth-order valence-electron chi connectivity index (χ4n) is 0.757. The van der Waals surface area contributed by atoms with E-state index in [1.54, 1.807) is 16.6 Å². The summed E-state index contributed by atoms with van der Waals surface area (Å²) in [6.07, 6.45) is 1.58. The highest BCUT2D eigenvalue weighted by Gasteiger charge is 2.04. The highest BCUT2D eigenvalue weighted by atomic mass is 32.1. The summed E-state index contributed by atoms with van der Waals surface area (Å²) in [6.45, 7) is 0. The Morgan fingerprint density at radius 3 is 3.07 bits per heavy atom. The number of rotatable bonds is 4. The van der Waals surface area contributed by atoms with Crippen LogP contribution in [0.2, 0.25) is 0 Å². The Morgan fingerprint density at radius 2 is 2.50 bits per heavy atom. The van der Waals surface area contributed by atoms with Crippen molar-refractivity contribution < 1.29 is 9.90 Å². The molecule has 0 aliphatic heterocycles. The summed E-state index contributed by atoms with van der Waals surface area (Å²) in [6, 6.07) is 0. The summed E-state index contributed by atoms with van der Waals surface area (Å²) in [4.78, 5) is 20.2. The van der Waals surface area contributed by atoms with E-state index in [4.69, 9.17) is 5.11 Å². The van der Waals surface area contributed by atoms with Crippen molar-refractivity contribution >= 4 is 28.8 Å². The van der Waals surface area contributed by atoms with Gasteiger partial charge in [-0.2, -0.15) is 0 Å². The molecule has 1 aromatic heterocycles. The maximum atomic E-state index is 10.4. The molecule has 0 aliphatic rings. The van der Waals surface area contributed by atoms with Crippen molar-refractivity contribution in [3.05, 3.63) is 11.1 Å². The second kappa shape index (κ2) is 4.71. The van der Waals surface area contributed by atoms with Gasteiger partial charge in [0.15, 0.2) is 0 Å². The summed E-state index contributed by atoms with van der Waals surface area (Å²) >= 11 is 1.33. The fraction of sp³-hybridized carbons (Fsp3) is 0.375. The Kier molecular flexibility index (Phi) is 3.58. The Bertz CT molecular complexity index is 346. The zero-order chi connectivity index (χ0) is 10.6. The molecule has 1 N–H and O–H groups in total. The first kappa shape index (κ1) is 10.6. The average Bonchev–Trinajstić information content (AvgIpc) is 2.47. The Balaban J connectivity index is 2.63. The molecule has 0 unspecified atom stereocenters. The first-order valence-corrected chi connectivity index (χ1v) is 4.82. The minimum Gasteiger partial charge on any atom is -0.481 e. The van der Waals surface area contributed by atoms with Crippen LogP contribution >= 0.6 is 11.3 Å². The Hall–Kier alpha value is -1.43. The van der Waals surface area contributed by atoms with Gasteiger partial charge in [0.05, 0.1) is 18.5 Å². The molecule has 0 amide bonds. The highest BCUT2D eigenvalue weighted by Crippen LogP contribution is 2.18. The average molecular weight is 213 g/mol. The zero-order valence-corrected chi connectivity index (χ0v) is 8.78. The number of nitrogens with zero attached hydrogens (tertiary/aromatic N) is 3. The first-order chi connectivity index (χ1) is 6.58. The highest BCUT2D eigenvalue weighted by molar-refractivity contribution is 7.13. The topological polar surface area (TPSA) is 65.8 Å². The van der Waals surface area contributed by atoms with Crippen LogP contribution < -0.4 is 0 Å². The number of carboxylic acids is 1. The van der Waals surface area contributed by atoms with E-state index >= 15 is 0 Å². The van der Waals surface area contributed by atoms with Crippen molar-refractivity contribution in [2.45, 2.75) is 6.42 Å². The van der Waals surface area contributed by atoms with Gasteiger partial charge in [0, 0.05) is 19.5 Å². The van der Waals surface area contributed by atoms with Gasteiger partial charge in [0.25, 0.3) is 0 Å². The molecule has 0 bridgehead atoms. The van der Waals surface area contributed by atoms with Gasteiger partial charge in [-0.25, -0.2) is 9.98 Å². The van der Waals surface area contributed by atoms with Gasteiger partial charge in [0.1, 0.15) is 0 Å². The number of aromatic nitrogens is 1. The number of hydrogen-bond acceptors (Lipinski definition) is 4. The molecule has 0 spiro atoms. The molecule has 0 aliphatic carbocycles. The summed E-state index contributed by atoms with van der Waals surface area (Å²) in [7, 11) is 3.71. The lowest BCUT2D eigenvalue weighted by Crippen LogP contribution is -2.06. The number of aliphatic imine (C=N–C) groups is 1. The van der Waals surface area contributed by atoms with Crippen molar-refractivity contribution in [1.29, 1.82) is 0 Å². The minimum absolute atomic E-state index is 0.0476. The maximum Gasteiger partial charge on any atom is 0.309 e. The molecule has 1 aromatic rings. The molecule has 76 valence electrons.